The Morgan fingerprint density at radius 2 is 1.94 bits per heavy atom. The summed E-state index contributed by atoms with van der Waals surface area (Å²) >= 11 is 0. The average molecular weight is 246 g/mol. The molecule has 0 aromatic heterocycles. The van der Waals surface area contributed by atoms with E-state index in [-0.39, 0.29) is 5.97 Å². The van der Waals surface area contributed by atoms with Crippen molar-refractivity contribution in [3.8, 4) is 0 Å². The van der Waals surface area contributed by atoms with Crippen LogP contribution in [-0.2, 0) is 10.3 Å². The van der Waals surface area contributed by atoms with Gasteiger partial charge in [0.15, 0.2) is 0 Å². The van der Waals surface area contributed by atoms with Crippen LogP contribution in [0.15, 0.2) is 24.3 Å². The number of urea groups is 1. The molecule has 3 rings (SSSR count). The fraction of sp³-hybridized carbons (Fsp3) is 0.385. The Balaban J connectivity index is 1.91. The minimum atomic E-state index is -0.556. The van der Waals surface area contributed by atoms with Crippen molar-refractivity contribution in [1.82, 2.24) is 4.90 Å². The first-order valence-electron chi connectivity index (χ1n) is 6.00. The number of piperidine rings is 1. The molecule has 5 heteroatoms. The van der Waals surface area contributed by atoms with E-state index in [4.69, 9.17) is 10.5 Å². The standard InChI is InChI=1S/C13H14N2O3/c14-12(17)15-7-5-13(6-8-15)10-4-2-1-3-9(10)11(16)18-13/h1-4H,5-8H2,(H2,14,17). The molecule has 0 radical (unpaired) electrons. The van der Waals surface area contributed by atoms with Gasteiger partial charge in [0.1, 0.15) is 5.60 Å². The van der Waals surface area contributed by atoms with Gasteiger partial charge in [-0.3, -0.25) is 0 Å². The Kier molecular flexibility index (Phi) is 2.29. The number of amides is 2. The lowest BCUT2D eigenvalue weighted by Gasteiger charge is -2.37. The van der Waals surface area contributed by atoms with Gasteiger partial charge >= 0.3 is 12.0 Å². The Hall–Kier alpha value is -2.04. The summed E-state index contributed by atoms with van der Waals surface area (Å²) in [5, 5.41) is 0. The van der Waals surface area contributed by atoms with Gasteiger partial charge in [-0.15, -0.1) is 0 Å². The van der Waals surface area contributed by atoms with Gasteiger partial charge in [0.2, 0.25) is 0 Å². The lowest BCUT2D eigenvalue weighted by molar-refractivity contribution is -0.0365. The number of fused-ring (bicyclic) bond motifs is 2. The molecular weight excluding hydrogens is 232 g/mol. The van der Waals surface area contributed by atoms with E-state index in [9.17, 15) is 9.59 Å². The van der Waals surface area contributed by atoms with E-state index in [1.807, 2.05) is 18.2 Å². The minimum absolute atomic E-state index is 0.266. The smallest absolute Gasteiger partial charge is 0.339 e. The highest BCUT2D eigenvalue weighted by Gasteiger charge is 2.47. The lowest BCUT2D eigenvalue weighted by Crippen LogP contribution is -2.47. The number of benzene rings is 1. The van der Waals surface area contributed by atoms with E-state index < -0.39 is 11.6 Å². The second-order valence-corrected chi connectivity index (χ2v) is 4.75. The first-order valence-corrected chi connectivity index (χ1v) is 6.00. The van der Waals surface area contributed by atoms with E-state index in [0.717, 1.165) is 5.56 Å². The van der Waals surface area contributed by atoms with E-state index in [1.54, 1.807) is 11.0 Å². The zero-order chi connectivity index (χ0) is 12.8. The van der Waals surface area contributed by atoms with Crippen molar-refractivity contribution >= 4 is 12.0 Å². The number of primary amides is 1. The molecule has 0 aliphatic carbocycles. The third kappa shape index (κ3) is 1.47. The Morgan fingerprint density at radius 1 is 1.28 bits per heavy atom. The summed E-state index contributed by atoms with van der Waals surface area (Å²) in [5.41, 5.74) is 6.29. The Morgan fingerprint density at radius 3 is 2.61 bits per heavy atom. The zero-order valence-corrected chi connectivity index (χ0v) is 9.89. The molecule has 1 fully saturated rings. The number of rotatable bonds is 0. The van der Waals surface area contributed by atoms with Crippen molar-refractivity contribution in [3.05, 3.63) is 35.4 Å². The van der Waals surface area contributed by atoms with Crippen LogP contribution in [0.2, 0.25) is 0 Å². The van der Waals surface area contributed by atoms with Crippen molar-refractivity contribution in [3.63, 3.8) is 0 Å². The van der Waals surface area contributed by atoms with Crippen molar-refractivity contribution in [2.24, 2.45) is 5.73 Å². The van der Waals surface area contributed by atoms with E-state index in [1.165, 1.54) is 0 Å². The summed E-state index contributed by atoms with van der Waals surface area (Å²) in [5.74, 6) is -0.266. The normalized spacial score (nSPS) is 20.7. The van der Waals surface area contributed by atoms with Gasteiger partial charge in [0.25, 0.3) is 0 Å². The number of hydrogen-bond donors (Lipinski definition) is 1. The summed E-state index contributed by atoms with van der Waals surface area (Å²) < 4.78 is 5.57. The highest BCUT2D eigenvalue weighted by atomic mass is 16.6. The van der Waals surface area contributed by atoms with Crippen LogP contribution in [0.25, 0.3) is 0 Å². The van der Waals surface area contributed by atoms with Gasteiger partial charge in [-0.2, -0.15) is 0 Å². The van der Waals surface area contributed by atoms with Crippen molar-refractivity contribution in [1.29, 1.82) is 0 Å². The second-order valence-electron chi connectivity index (χ2n) is 4.75. The molecule has 2 aliphatic heterocycles. The summed E-state index contributed by atoms with van der Waals surface area (Å²) in [6, 6.07) is 7.04. The molecule has 2 heterocycles. The summed E-state index contributed by atoms with van der Waals surface area (Å²) in [7, 11) is 0. The number of ether oxygens (including phenoxy) is 1. The minimum Gasteiger partial charge on any atom is -0.450 e. The molecule has 0 atom stereocenters. The molecule has 0 unspecified atom stereocenters. The molecule has 94 valence electrons. The van der Waals surface area contributed by atoms with Gasteiger partial charge in [0.05, 0.1) is 5.56 Å². The van der Waals surface area contributed by atoms with Crippen LogP contribution in [-0.4, -0.2) is 30.0 Å². The lowest BCUT2D eigenvalue weighted by atomic mass is 9.84. The maximum atomic E-state index is 11.8. The Bertz CT molecular complexity index is 519. The SMILES string of the molecule is NC(=O)N1CCC2(CC1)OC(=O)c1ccccc12. The van der Waals surface area contributed by atoms with Gasteiger partial charge in [0, 0.05) is 31.5 Å². The number of nitrogens with zero attached hydrogens (tertiary/aromatic N) is 1. The third-order valence-corrected chi connectivity index (χ3v) is 3.81. The molecule has 2 aliphatic rings. The molecule has 2 N–H and O–H groups in total. The van der Waals surface area contributed by atoms with Crippen LogP contribution < -0.4 is 5.73 Å². The van der Waals surface area contributed by atoms with Crippen LogP contribution in [0.1, 0.15) is 28.8 Å². The third-order valence-electron chi connectivity index (χ3n) is 3.81. The van der Waals surface area contributed by atoms with Gasteiger partial charge in [-0.25, -0.2) is 9.59 Å². The molecule has 1 aromatic rings. The van der Waals surface area contributed by atoms with E-state index >= 15 is 0 Å². The maximum Gasteiger partial charge on any atom is 0.339 e. The summed E-state index contributed by atoms with van der Waals surface area (Å²) in [6.07, 6.45) is 1.22. The molecule has 18 heavy (non-hydrogen) atoms. The average Bonchev–Trinajstić information content (AvgIpc) is 2.64. The van der Waals surface area contributed by atoms with Crippen LogP contribution in [0.5, 0.6) is 0 Å². The predicted molar refractivity (Wildman–Crippen MR) is 63.9 cm³/mol. The van der Waals surface area contributed by atoms with Crippen LogP contribution in [0, 0.1) is 0 Å². The molecular formula is C13H14N2O3. The van der Waals surface area contributed by atoms with Crippen LogP contribution >= 0.6 is 0 Å². The number of nitrogens with two attached hydrogens (primary N) is 1. The quantitative estimate of drug-likeness (QED) is 0.700. The zero-order valence-electron chi connectivity index (χ0n) is 9.89. The van der Waals surface area contributed by atoms with Crippen molar-refractivity contribution in [2.45, 2.75) is 18.4 Å². The number of carbonyl (C=O) groups excluding carboxylic acids is 2. The molecule has 1 aromatic carbocycles. The monoisotopic (exact) mass is 246 g/mol. The van der Waals surface area contributed by atoms with E-state index in [2.05, 4.69) is 0 Å². The number of esters is 1. The molecule has 0 bridgehead atoms. The Labute approximate surface area is 105 Å². The molecule has 1 saturated heterocycles. The molecule has 0 saturated carbocycles. The van der Waals surface area contributed by atoms with Gasteiger partial charge in [-0.1, -0.05) is 18.2 Å². The molecule has 5 nitrogen and oxygen atoms in total. The highest BCUT2D eigenvalue weighted by molar-refractivity contribution is 5.94. The largest absolute Gasteiger partial charge is 0.450 e. The number of hydrogen-bond acceptors (Lipinski definition) is 3. The first-order chi connectivity index (χ1) is 8.62. The van der Waals surface area contributed by atoms with Crippen molar-refractivity contribution in [2.75, 3.05) is 13.1 Å². The summed E-state index contributed by atoms with van der Waals surface area (Å²) in [4.78, 5) is 24.5. The highest BCUT2D eigenvalue weighted by Crippen LogP contribution is 2.43. The van der Waals surface area contributed by atoms with Crippen LogP contribution in [0.3, 0.4) is 0 Å². The predicted octanol–water partition coefficient (Wildman–Crippen LogP) is 1.23. The van der Waals surface area contributed by atoms with Gasteiger partial charge < -0.3 is 15.4 Å². The molecule has 1 spiro atoms. The topological polar surface area (TPSA) is 72.6 Å². The number of carbonyl (C=O) groups is 2. The van der Waals surface area contributed by atoms with Crippen LogP contribution in [0.4, 0.5) is 4.79 Å². The first kappa shape index (κ1) is 11.1. The maximum absolute atomic E-state index is 11.8. The molecule has 2 amide bonds. The fourth-order valence-electron chi connectivity index (χ4n) is 2.81. The second kappa shape index (κ2) is 3.73. The number of likely N-dealkylation sites (tertiary alicyclic amines) is 1. The van der Waals surface area contributed by atoms with Crippen molar-refractivity contribution < 1.29 is 14.3 Å². The summed E-state index contributed by atoms with van der Waals surface area (Å²) in [6.45, 7) is 1.05. The fourth-order valence-corrected chi connectivity index (χ4v) is 2.81. The van der Waals surface area contributed by atoms with Gasteiger partial charge in [-0.05, 0) is 6.07 Å². The van der Waals surface area contributed by atoms with E-state index in [0.29, 0.717) is 31.5 Å².